The van der Waals surface area contributed by atoms with E-state index in [-0.39, 0.29) is 11.5 Å². The molecule has 1 atom stereocenters. The highest BCUT2D eigenvalue weighted by Gasteiger charge is 2.36. The summed E-state index contributed by atoms with van der Waals surface area (Å²) in [5.41, 5.74) is 2.01. The number of hydrogen-bond acceptors (Lipinski definition) is 8. The summed E-state index contributed by atoms with van der Waals surface area (Å²) < 4.78 is 19.4. The number of ether oxygens (including phenoxy) is 3. The number of carboxylic acid groups (broad SMARTS) is 1. The first kappa shape index (κ1) is 32.2. The lowest BCUT2D eigenvalue weighted by molar-refractivity contribution is -0.139. The largest absolute Gasteiger partial charge is 0.496 e. The number of nitrogens with zero attached hydrogens (tertiary/aromatic N) is 3. The minimum atomic E-state index is -1.11. The number of aliphatic carboxylic acids is 1. The molecule has 0 spiro atoms. The zero-order chi connectivity index (χ0) is 32.4. The molecule has 0 aliphatic carbocycles. The molecule has 1 aromatic heterocycles. The summed E-state index contributed by atoms with van der Waals surface area (Å²) in [5, 5.41) is 10.9. The number of thiazole rings is 1. The van der Waals surface area contributed by atoms with E-state index < -0.39 is 18.6 Å². The Hall–Kier alpha value is -4.17. The number of carboxylic acids is 1. The van der Waals surface area contributed by atoms with Gasteiger partial charge in [-0.25, -0.2) is 9.79 Å². The van der Waals surface area contributed by atoms with Crippen LogP contribution in [-0.2, 0) is 9.59 Å². The maximum absolute atomic E-state index is 14.4. The van der Waals surface area contributed by atoms with Crippen LogP contribution in [0.4, 0.5) is 0 Å². The van der Waals surface area contributed by atoms with Crippen molar-refractivity contribution in [2.45, 2.75) is 26.8 Å². The number of carbonyl (C=O) groups is 2. The monoisotopic (exact) mass is 741 g/mol. The predicted octanol–water partition coefficient (Wildman–Crippen LogP) is 4.34. The van der Waals surface area contributed by atoms with Gasteiger partial charge in [-0.15, -0.1) is 0 Å². The van der Waals surface area contributed by atoms with Crippen molar-refractivity contribution in [3.63, 3.8) is 0 Å². The molecule has 1 amide bonds. The number of rotatable bonds is 10. The zero-order valence-electron chi connectivity index (χ0n) is 25.4. The van der Waals surface area contributed by atoms with Crippen LogP contribution in [0.1, 0.15) is 37.9 Å². The Bertz CT molecular complexity index is 2030. The summed E-state index contributed by atoms with van der Waals surface area (Å²) in [6, 6.07) is 14.3. The molecule has 4 aromatic rings. The van der Waals surface area contributed by atoms with Crippen molar-refractivity contribution >= 4 is 62.7 Å². The topological polar surface area (TPSA) is 120 Å². The molecule has 0 radical (unpaired) electrons. The normalized spacial score (nSPS) is 14.6. The van der Waals surface area contributed by atoms with E-state index in [0.717, 1.165) is 10.8 Å². The third kappa shape index (κ3) is 6.08. The summed E-state index contributed by atoms with van der Waals surface area (Å²) in [5.74, 6) is -0.0961. The van der Waals surface area contributed by atoms with E-state index in [0.29, 0.717) is 65.6 Å². The molecule has 5 rings (SSSR count). The Labute approximate surface area is 277 Å². The molecular formula is C33H32IN3O7S. The second kappa shape index (κ2) is 13.4. The van der Waals surface area contributed by atoms with Crippen LogP contribution in [-0.4, -0.2) is 60.4 Å². The smallest absolute Gasteiger partial charge is 0.341 e. The molecule has 10 nitrogen and oxygen atoms in total. The van der Waals surface area contributed by atoms with Gasteiger partial charge in [0.15, 0.2) is 22.9 Å². The molecule has 3 aromatic carbocycles. The van der Waals surface area contributed by atoms with Crippen molar-refractivity contribution < 1.29 is 28.9 Å². The molecule has 0 fully saturated rings. The van der Waals surface area contributed by atoms with E-state index in [1.54, 1.807) is 34.8 Å². The lowest BCUT2D eigenvalue weighted by Gasteiger charge is -2.30. The Morgan fingerprint density at radius 1 is 1.09 bits per heavy atom. The molecule has 0 unspecified atom stereocenters. The number of fused-ring (bicyclic) bond motifs is 2. The predicted molar refractivity (Wildman–Crippen MR) is 181 cm³/mol. The molecule has 12 heteroatoms. The summed E-state index contributed by atoms with van der Waals surface area (Å²) in [7, 11) is 3.05. The Balaban J connectivity index is 1.77. The standard InChI is InChI=1S/C33H32IN3O7S/c1-6-36(7-2)32(41)27-18(3)35-33-37(29(27)28-21-11-9-8-10-20(21)12-13-23(28)42-4)31(40)25(45-33)16-19-14-22(34)30(24(15-19)43-5)44-17-26(38)39/h8-16,29H,6-7,17H2,1-5H3,(H,38,39)/b25-16+/t29-/m1/s1. The first-order valence-electron chi connectivity index (χ1n) is 14.2. The van der Waals surface area contributed by atoms with Gasteiger partial charge in [0.25, 0.3) is 11.5 Å². The van der Waals surface area contributed by atoms with Gasteiger partial charge in [0, 0.05) is 18.7 Å². The number of amides is 1. The Morgan fingerprint density at radius 2 is 1.80 bits per heavy atom. The van der Waals surface area contributed by atoms with Gasteiger partial charge >= 0.3 is 5.97 Å². The fraction of sp³-hybridized carbons (Fsp3) is 0.273. The van der Waals surface area contributed by atoms with Crippen molar-refractivity contribution in [1.82, 2.24) is 9.47 Å². The number of aromatic nitrogens is 1. The number of carbonyl (C=O) groups excluding carboxylic acids is 1. The van der Waals surface area contributed by atoms with Crippen LogP contribution in [0.15, 0.2) is 69.6 Å². The van der Waals surface area contributed by atoms with E-state index in [1.165, 1.54) is 18.4 Å². The lowest BCUT2D eigenvalue weighted by Crippen LogP contribution is -2.43. The first-order valence-corrected chi connectivity index (χ1v) is 16.1. The van der Waals surface area contributed by atoms with E-state index >= 15 is 0 Å². The minimum absolute atomic E-state index is 0.188. The van der Waals surface area contributed by atoms with Gasteiger partial charge in [-0.1, -0.05) is 41.7 Å². The quantitative estimate of drug-likeness (QED) is 0.241. The average Bonchev–Trinajstić information content (AvgIpc) is 3.33. The van der Waals surface area contributed by atoms with Crippen LogP contribution in [0.5, 0.6) is 17.2 Å². The molecule has 0 saturated heterocycles. The van der Waals surface area contributed by atoms with E-state index in [4.69, 9.17) is 24.3 Å². The highest BCUT2D eigenvalue weighted by Crippen LogP contribution is 2.40. The highest BCUT2D eigenvalue weighted by atomic mass is 127. The third-order valence-corrected chi connectivity index (χ3v) is 9.40. The van der Waals surface area contributed by atoms with Crippen LogP contribution in [0.25, 0.3) is 16.8 Å². The Morgan fingerprint density at radius 3 is 2.47 bits per heavy atom. The van der Waals surface area contributed by atoms with Crippen molar-refractivity contribution in [2.75, 3.05) is 33.9 Å². The number of hydrogen-bond donors (Lipinski definition) is 1. The summed E-state index contributed by atoms with van der Waals surface area (Å²) in [6.07, 6.45) is 1.73. The number of methoxy groups -OCH3 is 2. The van der Waals surface area contributed by atoms with Gasteiger partial charge in [0.1, 0.15) is 11.8 Å². The molecule has 0 bridgehead atoms. The summed E-state index contributed by atoms with van der Waals surface area (Å²) in [4.78, 5) is 46.6. The van der Waals surface area contributed by atoms with Crippen molar-refractivity contribution in [3.05, 3.63) is 94.2 Å². The molecule has 1 N–H and O–H groups in total. The molecule has 234 valence electrons. The molecule has 0 saturated carbocycles. The molecular weight excluding hydrogens is 709 g/mol. The number of benzene rings is 3. The molecule has 2 heterocycles. The zero-order valence-corrected chi connectivity index (χ0v) is 28.4. The fourth-order valence-corrected chi connectivity index (χ4v) is 7.36. The number of allylic oxidation sites excluding steroid dienone is 1. The van der Waals surface area contributed by atoms with Crippen molar-refractivity contribution in [3.8, 4) is 17.2 Å². The highest BCUT2D eigenvalue weighted by molar-refractivity contribution is 14.1. The van der Waals surface area contributed by atoms with Crippen molar-refractivity contribution in [2.24, 2.45) is 4.99 Å². The van der Waals surface area contributed by atoms with E-state index in [1.807, 2.05) is 79.8 Å². The maximum Gasteiger partial charge on any atom is 0.341 e. The van der Waals surface area contributed by atoms with Crippen molar-refractivity contribution in [1.29, 1.82) is 0 Å². The van der Waals surface area contributed by atoms with Gasteiger partial charge in [0.05, 0.1) is 33.6 Å². The fourth-order valence-electron chi connectivity index (χ4n) is 5.53. The van der Waals surface area contributed by atoms with Crippen LogP contribution in [0.3, 0.4) is 0 Å². The van der Waals surface area contributed by atoms with Crippen LogP contribution >= 0.6 is 33.9 Å². The van der Waals surface area contributed by atoms with Gasteiger partial charge in [-0.3, -0.25) is 14.2 Å². The van der Waals surface area contributed by atoms with Crippen LogP contribution < -0.4 is 29.1 Å². The molecule has 1 aliphatic heterocycles. The van der Waals surface area contributed by atoms with Gasteiger partial charge in [-0.05, 0) is 84.0 Å². The maximum atomic E-state index is 14.4. The average molecular weight is 742 g/mol. The summed E-state index contributed by atoms with van der Waals surface area (Å²) in [6.45, 7) is 6.14. The Kier molecular flexibility index (Phi) is 9.63. The van der Waals surface area contributed by atoms with Crippen LogP contribution in [0.2, 0.25) is 0 Å². The SMILES string of the molecule is CCN(CC)C(=O)C1=C(C)N=c2s/c(=C/c3cc(I)c(OCC(=O)O)c(OC)c3)c(=O)n2[C@H]1c1c(OC)ccc2ccccc12. The van der Waals surface area contributed by atoms with Gasteiger partial charge < -0.3 is 24.2 Å². The molecule has 45 heavy (non-hydrogen) atoms. The second-order valence-electron chi connectivity index (χ2n) is 10.2. The van der Waals surface area contributed by atoms with Gasteiger partial charge in [0.2, 0.25) is 0 Å². The second-order valence-corrected chi connectivity index (χ2v) is 12.3. The third-order valence-electron chi connectivity index (χ3n) is 7.62. The van der Waals surface area contributed by atoms with Crippen LogP contribution in [0, 0.1) is 3.57 Å². The van der Waals surface area contributed by atoms with E-state index in [2.05, 4.69) is 0 Å². The number of likely N-dealkylation sites (N-methyl/N-ethyl adjacent to an activating group) is 1. The summed E-state index contributed by atoms with van der Waals surface area (Å²) >= 11 is 3.27. The lowest BCUT2D eigenvalue weighted by atomic mass is 9.90. The van der Waals surface area contributed by atoms with E-state index in [9.17, 15) is 14.4 Å². The first-order chi connectivity index (χ1) is 21.6. The number of halogens is 1. The van der Waals surface area contributed by atoms with Gasteiger partial charge in [-0.2, -0.15) is 0 Å². The molecule has 1 aliphatic rings. The minimum Gasteiger partial charge on any atom is -0.496 e.